The molecule has 0 aliphatic rings. The van der Waals surface area contributed by atoms with E-state index in [1.807, 2.05) is 0 Å². The zero-order valence-electron chi connectivity index (χ0n) is 9.95. The van der Waals surface area contributed by atoms with Crippen LogP contribution in [-0.2, 0) is 0 Å². The summed E-state index contributed by atoms with van der Waals surface area (Å²) in [5.74, 6) is -0.342. The lowest BCUT2D eigenvalue weighted by molar-refractivity contribution is 0.207. The summed E-state index contributed by atoms with van der Waals surface area (Å²) >= 11 is 3.20. The Hall–Kier alpha value is -1.46. The molecular weight excluding hydrogens is 316 g/mol. The van der Waals surface area contributed by atoms with E-state index in [2.05, 4.69) is 15.9 Å². The van der Waals surface area contributed by atoms with Crippen molar-refractivity contribution in [2.45, 2.75) is 6.10 Å². The Balaban J connectivity index is 2.27. The molecule has 0 amide bonds. The maximum Gasteiger partial charge on any atom is 0.139 e. The predicted octanol–water partition coefficient (Wildman–Crippen LogP) is 3.81. The second-order valence-corrected chi connectivity index (χ2v) is 4.79. The number of rotatable bonds is 4. The van der Waals surface area contributed by atoms with E-state index in [9.17, 15) is 8.78 Å². The standard InChI is InChI=1S/C14H12BrF2NO/c15-11-7-9(16)5-6-13(11)19-14(8-18)10-3-1-2-4-12(10)17/h1-7,14H,8,18H2. The van der Waals surface area contributed by atoms with Crippen LogP contribution in [0.25, 0.3) is 0 Å². The fourth-order valence-corrected chi connectivity index (χ4v) is 2.14. The van der Waals surface area contributed by atoms with Crippen molar-refractivity contribution >= 4 is 15.9 Å². The van der Waals surface area contributed by atoms with Crippen molar-refractivity contribution in [1.82, 2.24) is 0 Å². The van der Waals surface area contributed by atoms with Crippen LogP contribution < -0.4 is 10.5 Å². The van der Waals surface area contributed by atoms with Gasteiger partial charge in [0.25, 0.3) is 0 Å². The molecule has 1 atom stereocenters. The molecule has 0 spiro atoms. The van der Waals surface area contributed by atoms with Crippen molar-refractivity contribution in [2.75, 3.05) is 6.54 Å². The van der Waals surface area contributed by atoms with E-state index >= 15 is 0 Å². The molecule has 0 saturated heterocycles. The average molecular weight is 328 g/mol. The Kier molecular flexibility index (Phi) is 4.50. The molecule has 0 saturated carbocycles. The molecule has 0 heterocycles. The number of benzene rings is 2. The third-order valence-electron chi connectivity index (χ3n) is 2.63. The van der Waals surface area contributed by atoms with Crippen molar-refractivity contribution in [2.24, 2.45) is 5.73 Å². The highest BCUT2D eigenvalue weighted by molar-refractivity contribution is 9.10. The Bertz CT molecular complexity index is 577. The lowest BCUT2D eigenvalue weighted by atomic mass is 10.1. The van der Waals surface area contributed by atoms with Crippen LogP contribution in [0, 0.1) is 11.6 Å². The highest BCUT2D eigenvalue weighted by Crippen LogP contribution is 2.30. The maximum absolute atomic E-state index is 13.7. The van der Waals surface area contributed by atoms with Gasteiger partial charge in [0.05, 0.1) is 4.47 Å². The molecule has 19 heavy (non-hydrogen) atoms. The highest BCUT2D eigenvalue weighted by Gasteiger charge is 2.17. The maximum atomic E-state index is 13.7. The van der Waals surface area contributed by atoms with Gasteiger partial charge in [0.1, 0.15) is 23.5 Å². The third kappa shape index (κ3) is 3.30. The molecule has 2 N–H and O–H groups in total. The van der Waals surface area contributed by atoms with Crippen LogP contribution >= 0.6 is 15.9 Å². The Morgan fingerprint density at radius 1 is 1.16 bits per heavy atom. The van der Waals surface area contributed by atoms with Crippen LogP contribution in [0.15, 0.2) is 46.9 Å². The van der Waals surface area contributed by atoms with E-state index in [0.717, 1.165) is 0 Å². The summed E-state index contributed by atoms with van der Waals surface area (Å²) in [7, 11) is 0. The summed E-state index contributed by atoms with van der Waals surface area (Å²) in [5.41, 5.74) is 6.00. The van der Waals surface area contributed by atoms with Gasteiger partial charge in [-0.15, -0.1) is 0 Å². The van der Waals surface area contributed by atoms with E-state index in [1.54, 1.807) is 18.2 Å². The minimum atomic E-state index is -0.622. The SMILES string of the molecule is NCC(Oc1ccc(F)cc1Br)c1ccccc1F. The van der Waals surface area contributed by atoms with Crippen molar-refractivity contribution in [3.8, 4) is 5.75 Å². The molecule has 2 rings (SSSR count). The summed E-state index contributed by atoms with van der Waals surface area (Å²) in [6.45, 7) is 0.116. The van der Waals surface area contributed by atoms with Crippen molar-refractivity contribution in [3.63, 3.8) is 0 Å². The minimum Gasteiger partial charge on any atom is -0.483 e. The lowest BCUT2D eigenvalue weighted by Crippen LogP contribution is -2.19. The van der Waals surface area contributed by atoms with Gasteiger partial charge in [-0.1, -0.05) is 18.2 Å². The van der Waals surface area contributed by atoms with E-state index in [4.69, 9.17) is 10.5 Å². The highest BCUT2D eigenvalue weighted by atomic mass is 79.9. The van der Waals surface area contributed by atoms with Gasteiger partial charge in [-0.2, -0.15) is 0 Å². The second kappa shape index (κ2) is 6.12. The Morgan fingerprint density at radius 2 is 1.89 bits per heavy atom. The first-order valence-electron chi connectivity index (χ1n) is 5.68. The van der Waals surface area contributed by atoms with Crippen LogP contribution in [0.2, 0.25) is 0 Å². The summed E-state index contributed by atoms with van der Waals surface area (Å²) in [6, 6.07) is 10.3. The van der Waals surface area contributed by atoms with Gasteiger partial charge >= 0.3 is 0 Å². The van der Waals surface area contributed by atoms with E-state index < -0.39 is 6.10 Å². The molecule has 0 aromatic heterocycles. The van der Waals surface area contributed by atoms with Gasteiger partial charge < -0.3 is 10.5 Å². The summed E-state index contributed by atoms with van der Waals surface area (Å²) < 4.78 is 32.8. The van der Waals surface area contributed by atoms with Crippen molar-refractivity contribution in [3.05, 3.63) is 64.1 Å². The average Bonchev–Trinajstić information content (AvgIpc) is 2.39. The van der Waals surface area contributed by atoms with Gasteiger partial charge in [0.2, 0.25) is 0 Å². The number of nitrogens with two attached hydrogens (primary N) is 1. The topological polar surface area (TPSA) is 35.2 Å². The van der Waals surface area contributed by atoms with Crippen LogP contribution in [-0.4, -0.2) is 6.54 Å². The van der Waals surface area contributed by atoms with Crippen LogP contribution in [0.1, 0.15) is 11.7 Å². The molecule has 0 aliphatic heterocycles. The fourth-order valence-electron chi connectivity index (χ4n) is 1.70. The van der Waals surface area contributed by atoms with Crippen molar-refractivity contribution < 1.29 is 13.5 Å². The summed E-state index contributed by atoms with van der Waals surface area (Å²) in [5, 5.41) is 0. The van der Waals surface area contributed by atoms with Gasteiger partial charge in [0.15, 0.2) is 0 Å². The number of hydrogen-bond donors (Lipinski definition) is 1. The van der Waals surface area contributed by atoms with Crippen LogP contribution in [0.3, 0.4) is 0 Å². The lowest BCUT2D eigenvalue weighted by Gasteiger charge is -2.19. The molecule has 100 valence electrons. The van der Waals surface area contributed by atoms with Gasteiger partial charge in [-0.25, -0.2) is 8.78 Å². The second-order valence-electron chi connectivity index (χ2n) is 3.94. The minimum absolute atomic E-state index is 0.116. The normalized spacial score (nSPS) is 12.2. The van der Waals surface area contributed by atoms with Crippen LogP contribution in [0.5, 0.6) is 5.75 Å². The third-order valence-corrected chi connectivity index (χ3v) is 3.25. The van der Waals surface area contributed by atoms with Crippen LogP contribution in [0.4, 0.5) is 8.78 Å². The molecular formula is C14H12BrF2NO. The Morgan fingerprint density at radius 3 is 2.53 bits per heavy atom. The molecule has 0 radical (unpaired) electrons. The van der Waals surface area contributed by atoms with Crippen molar-refractivity contribution in [1.29, 1.82) is 0 Å². The van der Waals surface area contributed by atoms with Gasteiger partial charge in [-0.05, 0) is 40.2 Å². The van der Waals surface area contributed by atoms with Gasteiger partial charge in [0, 0.05) is 12.1 Å². The van der Waals surface area contributed by atoms with E-state index in [0.29, 0.717) is 15.8 Å². The number of hydrogen-bond acceptors (Lipinski definition) is 2. The Labute approximate surface area is 118 Å². The zero-order chi connectivity index (χ0) is 13.8. The quantitative estimate of drug-likeness (QED) is 0.926. The van der Waals surface area contributed by atoms with E-state index in [-0.39, 0.29) is 18.2 Å². The monoisotopic (exact) mass is 327 g/mol. The van der Waals surface area contributed by atoms with Gasteiger partial charge in [-0.3, -0.25) is 0 Å². The van der Waals surface area contributed by atoms with E-state index in [1.165, 1.54) is 24.3 Å². The first-order valence-corrected chi connectivity index (χ1v) is 6.47. The molecule has 0 aliphatic carbocycles. The summed E-state index contributed by atoms with van der Waals surface area (Å²) in [6.07, 6.45) is -0.622. The predicted molar refractivity (Wildman–Crippen MR) is 72.9 cm³/mol. The molecule has 2 aromatic rings. The first-order chi connectivity index (χ1) is 9.11. The molecule has 1 unspecified atom stereocenters. The number of ether oxygens (including phenoxy) is 1. The molecule has 5 heteroatoms. The zero-order valence-corrected chi connectivity index (χ0v) is 11.5. The molecule has 0 bridgehead atoms. The molecule has 2 aromatic carbocycles. The molecule has 2 nitrogen and oxygen atoms in total. The molecule has 0 fully saturated rings. The number of halogens is 3. The largest absolute Gasteiger partial charge is 0.483 e. The summed E-state index contributed by atoms with van der Waals surface area (Å²) in [4.78, 5) is 0. The fraction of sp³-hybridized carbons (Fsp3) is 0.143. The smallest absolute Gasteiger partial charge is 0.139 e. The first kappa shape index (κ1) is 14.0.